The fourth-order valence-electron chi connectivity index (χ4n) is 3.31. The van der Waals surface area contributed by atoms with Crippen LogP contribution in [0.5, 0.6) is 0 Å². The first-order valence-corrected chi connectivity index (χ1v) is 10.7. The van der Waals surface area contributed by atoms with E-state index in [2.05, 4.69) is 15.5 Å². The van der Waals surface area contributed by atoms with Gasteiger partial charge in [0.05, 0.1) is 10.6 Å². The molecule has 1 aliphatic heterocycles. The van der Waals surface area contributed by atoms with Gasteiger partial charge in [-0.25, -0.2) is 8.42 Å². The summed E-state index contributed by atoms with van der Waals surface area (Å²) in [6.07, 6.45) is 0.701. The van der Waals surface area contributed by atoms with Crippen molar-refractivity contribution in [3.63, 3.8) is 0 Å². The smallest absolute Gasteiger partial charge is 0.250 e. The van der Waals surface area contributed by atoms with E-state index in [4.69, 9.17) is 0 Å². The van der Waals surface area contributed by atoms with E-state index in [1.807, 2.05) is 54.3 Å². The highest BCUT2D eigenvalue weighted by molar-refractivity contribution is 7.89. The van der Waals surface area contributed by atoms with E-state index < -0.39 is 10.0 Å². The van der Waals surface area contributed by atoms with Crippen LogP contribution < -0.4 is 4.90 Å². The number of aromatic nitrogens is 4. The molecule has 0 atom stereocenters. The first-order chi connectivity index (χ1) is 13.6. The van der Waals surface area contributed by atoms with Gasteiger partial charge < -0.3 is 4.90 Å². The van der Waals surface area contributed by atoms with Gasteiger partial charge >= 0.3 is 0 Å². The van der Waals surface area contributed by atoms with Gasteiger partial charge in [-0.05, 0) is 48.0 Å². The molecule has 2 heterocycles. The van der Waals surface area contributed by atoms with Crippen molar-refractivity contribution in [3.8, 4) is 5.69 Å². The molecule has 2 aromatic carbocycles. The Morgan fingerprint density at radius 1 is 0.893 bits per heavy atom. The monoisotopic (exact) mass is 398 g/mol. The second kappa shape index (κ2) is 7.69. The number of aryl methyl sites for hydroxylation is 1. The number of hydrogen-bond donors (Lipinski definition) is 0. The second-order valence-corrected chi connectivity index (χ2v) is 8.72. The Kier molecular flexibility index (Phi) is 5.10. The van der Waals surface area contributed by atoms with Crippen molar-refractivity contribution in [2.75, 3.05) is 31.1 Å². The molecule has 1 fully saturated rings. The van der Waals surface area contributed by atoms with E-state index >= 15 is 0 Å². The van der Waals surface area contributed by atoms with E-state index in [1.165, 1.54) is 0 Å². The van der Waals surface area contributed by atoms with Gasteiger partial charge in [0.1, 0.15) is 0 Å². The largest absolute Gasteiger partial charge is 0.338 e. The Balaban J connectivity index is 1.54. The standard InChI is InChI=1S/C19H22N6O2S/c1-16-8-10-18(11-9-16)28(26,27)24-13-5-12-23(14-15-24)19-20-21-22-25(19)17-6-3-2-4-7-17/h2-4,6-11H,5,12-15H2,1H3. The maximum absolute atomic E-state index is 13.0. The van der Waals surface area contributed by atoms with Crippen molar-refractivity contribution in [2.24, 2.45) is 0 Å². The maximum Gasteiger partial charge on any atom is 0.250 e. The molecule has 28 heavy (non-hydrogen) atoms. The second-order valence-electron chi connectivity index (χ2n) is 6.78. The zero-order chi connectivity index (χ0) is 19.6. The molecule has 4 rings (SSSR count). The van der Waals surface area contributed by atoms with Crippen molar-refractivity contribution in [3.05, 3.63) is 60.2 Å². The van der Waals surface area contributed by atoms with Crippen molar-refractivity contribution < 1.29 is 8.42 Å². The maximum atomic E-state index is 13.0. The van der Waals surface area contributed by atoms with Gasteiger partial charge in [-0.1, -0.05) is 41.0 Å². The van der Waals surface area contributed by atoms with Crippen molar-refractivity contribution in [1.29, 1.82) is 0 Å². The van der Waals surface area contributed by atoms with Gasteiger partial charge in [-0.3, -0.25) is 0 Å². The topological polar surface area (TPSA) is 84.2 Å². The van der Waals surface area contributed by atoms with Crippen molar-refractivity contribution >= 4 is 16.0 Å². The van der Waals surface area contributed by atoms with Crippen molar-refractivity contribution in [2.45, 2.75) is 18.2 Å². The lowest BCUT2D eigenvalue weighted by Crippen LogP contribution is -2.35. The molecule has 1 aliphatic rings. The summed E-state index contributed by atoms with van der Waals surface area (Å²) in [5, 5.41) is 12.1. The van der Waals surface area contributed by atoms with Crippen LogP contribution in [0.4, 0.5) is 5.95 Å². The summed E-state index contributed by atoms with van der Waals surface area (Å²) in [4.78, 5) is 2.37. The fourth-order valence-corrected chi connectivity index (χ4v) is 4.78. The van der Waals surface area contributed by atoms with E-state index in [0.29, 0.717) is 43.4 Å². The predicted molar refractivity (Wildman–Crippen MR) is 106 cm³/mol. The number of sulfonamides is 1. The Morgan fingerprint density at radius 2 is 1.64 bits per heavy atom. The molecule has 3 aromatic rings. The minimum atomic E-state index is -3.51. The third-order valence-electron chi connectivity index (χ3n) is 4.85. The van der Waals surface area contributed by atoms with Crippen LogP contribution in [-0.4, -0.2) is 59.1 Å². The first kappa shape index (κ1) is 18.6. The van der Waals surface area contributed by atoms with Gasteiger partial charge in [-0.2, -0.15) is 8.99 Å². The van der Waals surface area contributed by atoms with Crippen LogP contribution in [-0.2, 0) is 10.0 Å². The van der Waals surface area contributed by atoms with E-state index in [9.17, 15) is 8.42 Å². The van der Waals surface area contributed by atoms with E-state index in [-0.39, 0.29) is 0 Å². The number of rotatable bonds is 4. The summed E-state index contributed by atoms with van der Waals surface area (Å²) in [6.45, 7) is 4.01. The van der Waals surface area contributed by atoms with Crippen LogP contribution >= 0.6 is 0 Å². The molecular weight excluding hydrogens is 376 g/mol. The fraction of sp³-hybridized carbons (Fsp3) is 0.316. The lowest BCUT2D eigenvalue weighted by Gasteiger charge is -2.22. The summed E-state index contributed by atoms with van der Waals surface area (Å²) in [6, 6.07) is 16.7. The molecule has 0 N–H and O–H groups in total. The summed E-state index contributed by atoms with van der Waals surface area (Å²) >= 11 is 0. The predicted octanol–water partition coefficient (Wildman–Crippen LogP) is 1.87. The number of tetrazole rings is 1. The quantitative estimate of drug-likeness (QED) is 0.667. The van der Waals surface area contributed by atoms with Gasteiger partial charge in [-0.15, -0.1) is 0 Å². The molecule has 1 aromatic heterocycles. The van der Waals surface area contributed by atoms with E-state index in [0.717, 1.165) is 11.3 Å². The molecule has 8 nitrogen and oxygen atoms in total. The van der Waals surface area contributed by atoms with Crippen LogP contribution in [0.3, 0.4) is 0 Å². The van der Waals surface area contributed by atoms with Crippen LogP contribution in [0, 0.1) is 6.92 Å². The average molecular weight is 398 g/mol. The molecule has 0 aliphatic carbocycles. The highest BCUT2D eigenvalue weighted by Gasteiger charge is 2.28. The molecule has 146 valence electrons. The Morgan fingerprint density at radius 3 is 2.39 bits per heavy atom. The lowest BCUT2D eigenvalue weighted by atomic mass is 10.2. The third-order valence-corrected chi connectivity index (χ3v) is 6.76. The molecule has 9 heteroatoms. The summed E-state index contributed by atoms with van der Waals surface area (Å²) in [5.74, 6) is 0.626. The number of benzene rings is 2. The normalized spacial score (nSPS) is 16.1. The lowest BCUT2D eigenvalue weighted by molar-refractivity contribution is 0.433. The third kappa shape index (κ3) is 3.63. The minimum absolute atomic E-state index is 0.334. The van der Waals surface area contributed by atoms with Gasteiger partial charge in [0.2, 0.25) is 16.0 Å². The molecule has 0 amide bonds. The Hall–Kier alpha value is -2.78. The van der Waals surface area contributed by atoms with Gasteiger partial charge in [0.25, 0.3) is 0 Å². The number of para-hydroxylation sites is 1. The zero-order valence-corrected chi connectivity index (χ0v) is 16.5. The summed E-state index contributed by atoms with van der Waals surface area (Å²) in [7, 11) is -3.51. The highest BCUT2D eigenvalue weighted by Crippen LogP contribution is 2.21. The van der Waals surface area contributed by atoms with Crippen LogP contribution in [0.1, 0.15) is 12.0 Å². The minimum Gasteiger partial charge on any atom is -0.338 e. The van der Waals surface area contributed by atoms with Crippen LogP contribution in [0.15, 0.2) is 59.5 Å². The highest BCUT2D eigenvalue weighted by atomic mass is 32.2. The first-order valence-electron chi connectivity index (χ1n) is 9.21. The Bertz CT molecular complexity index is 1030. The van der Waals surface area contributed by atoms with Crippen LogP contribution in [0.25, 0.3) is 5.69 Å². The summed E-state index contributed by atoms with van der Waals surface area (Å²) < 4.78 is 29.2. The Labute approximate surface area is 164 Å². The van der Waals surface area contributed by atoms with Crippen LogP contribution in [0.2, 0.25) is 0 Å². The van der Waals surface area contributed by atoms with Crippen molar-refractivity contribution in [1.82, 2.24) is 24.5 Å². The molecule has 0 spiro atoms. The SMILES string of the molecule is Cc1ccc(S(=O)(=O)N2CCCN(c3nnnn3-c3ccccc3)CC2)cc1. The molecule has 1 saturated heterocycles. The molecular formula is C19H22N6O2S. The van der Waals surface area contributed by atoms with Gasteiger partial charge in [0.15, 0.2) is 0 Å². The molecule has 0 bridgehead atoms. The molecule has 0 saturated carbocycles. The molecule has 0 radical (unpaired) electrons. The zero-order valence-electron chi connectivity index (χ0n) is 15.6. The number of hydrogen-bond acceptors (Lipinski definition) is 6. The summed E-state index contributed by atoms with van der Waals surface area (Å²) in [5.41, 5.74) is 1.91. The van der Waals surface area contributed by atoms with E-state index in [1.54, 1.807) is 21.1 Å². The number of anilines is 1. The molecule has 0 unspecified atom stereocenters. The number of nitrogens with zero attached hydrogens (tertiary/aromatic N) is 6. The van der Waals surface area contributed by atoms with Gasteiger partial charge in [0, 0.05) is 26.2 Å². The average Bonchev–Trinajstić information content (AvgIpc) is 3.06.